The van der Waals surface area contributed by atoms with Crippen LogP contribution in [-0.4, -0.2) is 24.4 Å². The standard InChI is InChI=1S/C17H19N3O3/c1-11-2-4-13(5-3-11)20-7-6-15(17(20)22)19-16(21)12-8-14(9-18)23-10-12/h2-5,8,10,15H,6-7,9,18H2,1H3,(H,19,21). The molecule has 0 bridgehead atoms. The van der Waals surface area contributed by atoms with Gasteiger partial charge in [-0.15, -0.1) is 0 Å². The Labute approximate surface area is 134 Å². The Morgan fingerprint density at radius 1 is 1.39 bits per heavy atom. The third kappa shape index (κ3) is 3.12. The summed E-state index contributed by atoms with van der Waals surface area (Å²) in [4.78, 5) is 26.4. The van der Waals surface area contributed by atoms with Crippen LogP contribution in [0.4, 0.5) is 5.69 Å². The van der Waals surface area contributed by atoms with E-state index in [1.807, 2.05) is 31.2 Å². The van der Waals surface area contributed by atoms with Crippen LogP contribution in [0.25, 0.3) is 0 Å². The summed E-state index contributed by atoms with van der Waals surface area (Å²) >= 11 is 0. The molecule has 0 radical (unpaired) electrons. The zero-order chi connectivity index (χ0) is 16.4. The number of carbonyl (C=O) groups excluding carboxylic acids is 2. The van der Waals surface area contributed by atoms with Crippen LogP contribution in [0.3, 0.4) is 0 Å². The van der Waals surface area contributed by atoms with Gasteiger partial charge in [-0.3, -0.25) is 9.59 Å². The molecule has 0 spiro atoms. The van der Waals surface area contributed by atoms with Gasteiger partial charge in [0.05, 0.1) is 12.1 Å². The molecule has 1 aromatic heterocycles. The molecule has 2 heterocycles. The highest BCUT2D eigenvalue weighted by Gasteiger charge is 2.33. The van der Waals surface area contributed by atoms with Crippen molar-refractivity contribution in [3.8, 4) is 0 Å². The fourth-order valence-corrected chi connectivity index (χ4v) is 2.64. The van der Waals surface area contributed by atoms with Gasteiger partial charge < -0.3 is 20.4 Å². The zero-order valence-corrected chi connectivity index (χ0v) is 12.9. The van der Waals surface area contributed by atoms with Crippen molar-refractivity contribution < 1.29 is 14.0 Å². The number of aryl methyl sites for hydroxylation is 1. The topological polar surface area (TPSA) is 88.6 Å². The van der Waals surface area contributed by atoms with Gasteiger partial charge in [-0.1, -0.05) is 17.7 Å². The first kappa shape index (κ1) is 15.3. The number of nitrogens with zero attached hydrogens (tertiary/aromatic N) is 1. The van der Waals surface area contributed by atoms with E-state index in [4.69, 9.17) is 10.2 Å². The van der Waals surface area contributed by atoms with Crippen molar-refractivity contribution in [2.75, 3.05) is 11.4 Å². The number of carbonyl (C=O) groups is 2. The molecule has 23 heavy (non-hydrogen) atoms. The molecule has 2 amide bonds. The largest absolute Gasteiger partial charge is 0.467 e. The molecule has 3 N–H and O–H groups in total. The van der Waals surface area contributed by atoms with Gasteiger partial charge >= 0.3 is 0 Å². The van der Waals surface area contributed by atoms with Crippen LogP contribution in [0.1, 0.15) is 28.1 Å². The molecule has 0 saturated carbocycles. The number of benzene rings is 1. The third-order valence-electron chi connectivity index (χ3n) is 3.97. The molecule has 1 fully saturated rings. The van der Waals surface area contributed by atoms with E-state index in [2.05, 4.69) is 5.32 Å². The number of furan rings is 1. The van der Waals surface area contributed by atoms with E-state index in [1.54, 1.807) is 11.0 Å². The molecule has 6 nitrogen and oxygen atoms in total. The number of rotatable bonds is 4. The van der Waals surface area contributed by atoms with Gasteiger partial charge in [0.15, 0.2) is 0 Å². The van der Waals surface area contributed by atoms with E-state index < -0.39 is 6.04 Å². The maximum absolute atomic E-state index is 12.5. The third-order valence-corrected chi connectivity index (χ3v) is 3.97. The van der Waals surface area contributed by atoms with Gasteiger partial charge in [0.25, 0.3) is 5.91 Å². The van der Waals surface area contributed by atoms with Gasteiger partial charge in [0, 0.05) is 12.2 Å². The Hall–Kier alpha value is -2.60. The molecule has 6 heteroatoms. The van der Waals surface area contributed by atoms with Crippen LogP contribution in [-0.2, 0) is 11.3 Å². The number of hydrogen-bond donors (Lipinski definition) is 2. The lowest BCUT2D eigenvalue weighted by Gasteiger charge is -2.17. The predicted molar refractivity (Wildman–Crippen MR) is 86.0 cm³/mol. The van der Waals surface area contributed by atoms with Crippen LogP contribution < -0.4 is 16.0 Å². The molecule has 0 aliphatic carbocycles. The summed E-state index contributed by atoms with van der Waals surface area (Å²) < 4.78 is 5.15. The van der Waals surface area contributed by atoms with E-state index in [0.29, 0.717) is 24.3 Å². The summed E-state index contributed by atoms with van der Waals surface area (Å²) in [6.45, 7) is 2.82. The molecule has 2 aromatic rings. The van der Waals surface area contributed by atoms with E-state index in [1.165, 1.54) is 6.26 Å². The Morgan fingerprint density at radius 2 is 2.13 bits per heavy atom. The van der Waals surface area contributed by atoms with Crippen molar-refractivity contribution in [3.63, 3.8) is 0 Å². The summed E-state index contributed by atoms with van der Waals surface area (Å²) in [7, 11) is 0. The Kier molecular flexibility index (Phi) is 4.16. The minimum atomic E-state index is -0.514. The van der Waals surface area contributed by atoms with Crippen LogP contribution >= 0.6 is 0 Å². The molecule has 1 saturated heterocycles. The van der Waals surface area contributed by atoms with Crippen LogP contribution in [0.5, 0.6) is 0 Å². The predicted octanol–water partition coefficient (Wildman–Crippen LogP) is 1.58. The van der Waals surface area contributed by atoms with Gasteiger partial charge in [0.1, 0.15) is 18.1 Å². The SMILES string of the molecule is Cc1ccc(N2CCC(NC(=O)c3coc(CN)c3)C2=O)cc1. The maximum Gasteiger partial charge on any atom is 0.255 e. The van der Waals surface area contributed by atoms with Crippen molar-refractivity contribution in [1.29, 1.82) is 0 Å². The van der Waals surface area contributed by atoms with Crippen LogP contribution in [0.2, 0.25) is 0 Å². The van der Waals surface area contributed by atoms with Crippen molar-refractivity contribution in [3.05, 3.63) is 53.5 Å². The summed E-state index contributed by atoms with van der Waals surface area (Å²) in [6, 6.07) is 8.84. The number of amides is 2. The van der Waals surface area contributed by atoms with Crippen molar-refractivity contribution in [2.45, 2.75) is 25.9 Å². The smallest absolute Gasteiger partial charge is 0.255 e. The summed E-state index contributed by atoms with van der Waals surface area (Å²) in [5.74, 6) is 0.122. The van der Waals surface area contributed by atoms with Gasteiger partial charge in [0.2, 0.25) is 5.91 Å². The highest BCUT2D eigenvalue weighted by Crippen LogP contribution is 2.22. The quantitative estimate of drug-likeness (QED) is 0.897. The summed E-state index contributed by atoms with van der Waals surface area (Å²) in [6.07, 6.45) is 1.94. The second-order valence-electron chi connectivity index (χ2n) is 5.65. The first-order valence-electron chi connectivity index (χ1n) is 7.55. The highest BCUT2D eigenvalue weighted by molar-refractivity contribution is 6.03. The molecular weight excluding hydrogens is 294 g/mol. The molecule has 1 aliphatic heterocycles. The number of hydrogen-bond acceptors (Lipinski definition) is 4. The lowest BCUT2D eigenvalue weighted by atomic mass is 10.2. The highest BCUT2D eigenvalue weighted by atomic mass is 16.3. The molecule has 1 aromatic carbocycles. The number of nitrogens with two attached hydrogens (primary N) is 1. The summed E-state index contributed by atoms with van der Waals surface area (Å²) in [5, 5.41) is 2.76. The zero-order valence-electron chi connectivity index (χ0n) is 12.9. The number of anilines is 1. The second-order valence-corrected chi connectivity index (χ2v) is 5.65. The fraction of sp³-hybridized carbons (Fsp3) is 0.294. The van der Waals surface area contributed by atoms with Crippen LogP contribution in [0.15, 0.2) is 41.0 Å². The van der Waals surface area contributed by atoms with Crippen molar-refractivity contribution in [1.82, 2.24) is 5.32 Å². The molecular formula is C17H19N3O3. The average molecular weight is 313 g/mol. The molecule has 120 valence electrons. The van der Waals surface area contributed by atoms with E-state index >= 15 is 0 Å². The Balaban J connectivity index is 1.67. The van der Waals surface area contributed by atoms with Gasteiger partial charge in [-0.25, -0.2) is 0 Å². The minimum Gasteiger partial charge on any atom is -0.467 e. The van der Waals surface area contributed by atoms with E-state index in [-0.39, 0.29) is 18.4 Å². The summed E-state index contributed by atoms with van der Waals surface area (Å²) in [5.41, 5.74) is 7.83. The van der Waals surface area contributed by atoms with E-state index in [9.17, 15) is 9.59 Å². The van der Waals surface area contributed by atoms with Crippen molar-refractivity contribution in [2.24, 2.45) is 5.73 Å². The Bertz CT molecular complexity index is 721. The normalized spacial score (nSPS) is 17.6. The molecule has 1 atom stereocenters. The Morgan fingerprint density at radius 3 is 2.78 bits per heavy atom. The number of nitrogens with one attached hydrogen (secondary N) is 1. The van der Waals surface area contributed by atoms with Gasteiger partial charge in [-0.2, -0.15) is 0 Å². The minimum absolute atomic E-state index is 0.0928. The molecule has 1 unspecified atom stereocenters. The maximum atomic E-state index is 12.5. The van der Waals surface area contributed by atoms with E-state index in [0.717, 1.165) is 11.3 Å². The second kappa shape index (κ2) is 6.26. The monoisotopic (exact) mass is 313 g/mol. The lowest BCUT2D eigenvalue weighted by Crippen LogP contribution is -2.41. The molecule has 3 rings (SSSR count). The van der Waals surface area contributed by atoms with Crippen LogP contribution in [0, 0.1) is 6.92 Å². The average Bonchev–Trinajstić information content (AvgIpc) is 3.16. The fourth-order valence-electron chi connectivity index (χ4n) is 2.64. The first-order chi connectivity index (χ1) is 11.1. The first-order valence-corrected chi connectivity index (χ1v) is 7.55. The van der Waals surface area contributed by atoms with Gasteiger partial charge in [-0.05, 0) is 31.5 Å². The lowest BCUT2D eigenvalue weighted by molar-refractivity contribution is -0.118. The molecule has 1 aliphatic rings. The van der Waals surface area contributed by atoms with Crippen molar-refractivity contribution >= 4 is 17.5 Å².